The molecule has 4 heterocycles. The van der Waals surface area contributed by atoms with Crippen molar-refractivity contribution in [1.29, 1.82) is 0 Å². The van der Waals surface area contributed by atoms with Crippen LogP contribution in [0.1, 0.15) is 61.1 Å². The molecule has 0 spiro atoms. The van der Waals surface area contributed by atoms with Crippen LogP contribution in [-0.4, -0.2) is 55.9 Å². The fourth-order valence-corrected chi connectivity index (χ4v) is 4.31. The highest BCUT2D eigenvalue weighted by atomic mass is 16.5. The van der Waals surface area contributed by atoms with Crippen LogP contribution in [0.25, 0.3) is 0 Å². The van der Waals surface area contributed by atoms with E-state index in [1.807, 2.05) is 13.0 Å². The lowest BCUT2D eigenvalue weighted by Gasteiger charge is -2.31. The van der Waals surface area contributed by atoms with E-state index in [1.54, 1.807) is 0 Å². The van der Waals surface area contributed by atoms with Gasteiger partial charge in [0.15, 0.2) is 5.76 Å². The van der Waals surface area contributed by atoms with E-state index in [4.69, 9.17) is 4.52 Å². The summed E-state index contributed by atoms with van der Waals surface area (Å²) in [6.07, 6.45) is 6.35. The molecule has 7 heteroatoms. The van der Waals surface area contributed by atoms with Gasteiger partial charge in [0.1, 0.15) is 11.6 Å². The quantitative estimate of drug-likeness (QED) is 0.818. The third-order valence-corrected chi connectivity index (χ3v) is 5.74. The number of likely N-dealkylation sites (tertiary alicyclic amines) is 2. The van der Waals surface area contributed by atoms with Crippen LogP contribution < -0.4 is 0 Å². The summed E-state index contributed by atoms with van der Waals surface area (Å²) in [6, 6.07) is 2.03. The van der Waals surface area contributed by atoms with Crippen LogP contribution in [0.4, 0.5) is 0 Å². The van der Waals surface area contributed by atoms with Crippen LogP contribution in [-0.2, 0) is 20.1 Å². The summed E-state index contributed by atoms with van der Waals surface area (Å²) in [6.45, 7) is 8.22. The minimum absolute atomic E-state index is 0.445. The Bertz CT molecular complexity index is 717. The molecule has 0 radical (unpaired) electrons. The number of hydrogen-bond donors (Lipinski definition) is 0. The molecule has 142 valence electrons. The average molecular weight is 358 g/mol. The number of hydrogen-bond acceptors (Lipinski definition) is 6. The molecule has 1 atom stereocenters. The van der Waals surface area contributed by atoms with E-state index in [0.29, 0.717) is 5.92 Å². The molecule has 26 heavy (non-hydrogen) atoms. The molecule has 0 aliphatic carbocycles. The zero-order valence-corrected chi connectivity index (χ0v) is 16.0. The van der Waals surface area contributed by atoms with Crippen LogP contribution in [0.2, 0.25) is 0 Å². The Morgan fingerprint density at radius 2 is 1.85 bits per heavy atom. The van der Waals surface area contributed by atoms with Gasteiger partial charge >= 0.3 is 0 Å². The topological polar surface area (TPSA) is 63.2 Å². The highest BCUT2D eigenvalue weighted by Gasteiger charge is 2.27. The van der Waals surface area contributed by atoms with Gasteiger partial charge in [0, 0.05) is 25.6 Å². The molecule has 0 N–H and O–H groups in total. The molecular formula is C19H30N6O. The Labute approximate surface area is 155 Å². The first kappa shape index (κ1) is 17.7. The minimum atomic E-state index is 0.445. The van der Waals surface area contributed by atoms with E-state index < -0.39 is 0 Å². The summed E-state index contributed by atoms with van der Waals surface area (Å²) >= 11 is 0. The lowest BCUT2D eigenvalue weighted by Crippen LogP contribution is -2.35. The van der Waals surface area contributed by atoms with E-state index >= 15 is 0 Å². The second-order valence-corrected chi connectivity index (χ2v) is 7.88. The van der Waals surface area contributed by atoms with Crippen molar-refractivity contribution in [2.24, 2.45) is 7.05 Å². The highest BCUT2D eigenvalue weighted by Crippen LogP contribution is 2.27. The van der Waals surface area contributed by atoms with Crippen LogP contribution >= 0.6 is 0 Å². The van der Waals surface area contributed by atoms with Crippen molar-refractivity contribution < 1.29 is 4.52 Å². The van der Waals surface area contributed by atoms with Gasteiger partial charge in [-0.2, -0.15) is 0 Å². The summed E-state index contributed by atoms with van der Waals surface area (Å²) in [5, 5.41) is 13.1. The summed E-state index contributed by atoms with van der Waals surface area (Å²) < 4.78 is 7.63. The number of nitrogens with zero attached hydrogens (tertiary/aromatic N) is 6. The second kappa shape index (κ2) is 7.88. The molecule has 0 saturated carbocycles. The Hall–Kier alpha value is -1.73. The lowest BCUT2D eigenvalue weighted by molar-refractivity contribution is 0.175. The van der Waals surface area contributed by atoms with Crippen LogP contribution in [0, 0.1) is 6.92 Å². The first-order valence-electron chi connectivity index (χ1n) is 9.94. The SMILES string of the molecule is Cc1cc(CN2CCCC(c3nnc(CN4CCCCC4)n3C)C2)on1. The van der Waals surface area contributed by atoms with E-state index in [2.05, 4.69) is 36.8 Å². The molecular weight excluding hydrogens is 328 g/mol. The number of piperidine rings is 2. The first-order valence-corrected chi connectivity index (χ1v) is 9.94. The van der Waals surface area contributed by atoms with Crippen molar-refractivity contribution >= 4 is 0 Å². The van der Waals surface area contributed by atoms with Gasteiger partial charge in [-0.1, -0.05) is 11.6 Å². The molecule has 1 unspecified atom stereocenters. The fourth-order valence-electron chi connectivity index (χ4n) is 4.31. The van der Waals surface area contributed by atoms with Crippen molar-refractivity contribution in [3.63, 3.8) is 0 Å². The minimum Gasteiger partial charge on any atom is -0.360 e. The predicted octanol–water partition coefficient (Wildman–Crippen LogP) is 2.48. The highest BCUT2D eigenvalue weighted by molar-refractivity contribution is 5.06. The van der Waals surface area contributed by atoms with Crippen molar-refractivity contribution in [2.45, 2.75) is 58.0 Å². The van der Waals surface area contributed by atoms with E-state index in [0.717, 1.165) is 49.3 Å². The predicted molar refractivity (Wildman–Crippen MR) is 98.6 cm³/mol. The van der Waals surface area contributed by atoms with E-state index in [9.17, 15) is 0 Å². The largest absolute Gasteiger partial charge is 0.360 e. The number of aromatic nitrogens is 4. The van der Waals surface area contributed by atoms with Gasteiger partial charge in [-0.25, -0.2) is 0 Å². The summed E-state index contributed by atoms with van der Waals surface area (Å²) in [4.78, 5) is 4.96. The Balaban J connectivity index is 1.40. The normalized spacial score (nSPS) is 22.8. The van der Waals surface area contributed by atoms with Gasteiger partial charge in [-0.15, -0.1) is 10.2 Å². The molecule has 0 aromatic carbocycles. The van der Waals surface area contributed by atoms with Gasteiger partial charge < -0.3 is 9.09 Å². The molecule has 4 rings (SSSR count). The second-order valence-electron chi connectivity index (χ2n) is 7.88. The van der Waals surface area contributed by atoms with Crippen LogP contribution in [0.5, 0.6) is 0 Å². The zero-order chi connectivity index (χ0) is 17.9. The van der Waals surface area contributed by atoms with Crippen molar-refractivity contribution in [3.05, 3.63) is 29.2 Å². The third kappa shape index (κ3) is 3.99. The van der Waals surface area contributed by atoms with E-state index in [1.165, 1.54) is 45.2 Å². The van der Waals surface area contributed by atoms with Crippen molar-refractivity contribution in [3.8, 4) is 0 Å². The van der Waals surface area contributed by atoms with Crippen LogP contribution in [0.15, 0.2) is 10.6 Å². The third-order valence-electron chi connectivity index (χ3n) is 5.74. The molecule has 2 aromatic rings. The molecule has 7 nitrogen and oxygen atoms in total. The molecule has 0 bridgehead atoms. The van der Waals surface area contributed by atoms with Gasteiger partial charge in [-0.05, 0) is 52.2 Å². The molecule has 0 amide bonds. The smallest absolute Gasteiger partial charge is 0.150 e. The van der Waals surface area contributed by atoms with Gasteiger partial charge in [0.25, 0.3) is 0 Å². The first-order chi connectivity index (χ1) is 12.7. The fraction of sp³-hybridized carbons (Fsp3) is 0.737. The standard InChI is InChI=1S/C19H30N6O/c1-15-11-17(26-22-15)13-25-10-6-7-16(12-25)19-21-20-18(23(19)2)14-24-8-4-3-5-9-24/h11,16H,3-10,12-14H2,1-2H3. The molecule has 2 saturated heterocycles. The van der Waals surface area contributed by atoms with Crippen LogP contribution in [0.3, 0.4) is 0 Å². The lowest BCUT2D eigenvalue weighted by atomic mass is 9.97. The molecule has 2 aliphatic heterocycles. The van der Waals surface area contributed by atoms with Crippen molar-refractivity contribution in [2.75, 3.05) is 26.2 Å². The zero-order valence-electron chi connectivity index (χ0n) is 16.0. The number of aryl methyl sites for hydroxylation is 1. The van der Waals surface area contributed by atoms with Gasteiger partial charge in [0.05, 0.1) is 18.8 Å². The molecule has 2 aliphatic rings. The maximum atomic E-state index is 5.39. The monoisotopic (exact) mass is 358 g/mol. The van der Waals surface area contributed by atoms with Gasteiger partial charge in [0.2, 0.25) is 0 Å². The Morgan fingerprint density at radius 1 is 1.04 bits per heavy atom. The molecule has 2 fully saturated rings. The molecule has 2 aromatic heterocycles. The van der Waals surface area contributed by atoms with E-state index in [-0.39, 0.29) is 0 Å². The summed E-state index contributed by atoms with van der Waals surface area (Å²) in [7, 11) is 2.13. The Kier molecular flexibility index (Phi) is 5.36. The summed E-state index contributed by atoms with van der Waals surface area (Å²) in [5.74, 6) is 3.63. The maximum absolute atomic E-state index is 5.39. The maximum Gasteiger partial charge on any atom is 0.150 e. The average Bonchev–Trinajstić information content (AvgIpc) is 3.22. The summed E-state index contributed by atoms with van der Waals surface area (Å²) in [5.41, 5.74) is 0.948. The van der Waals surface area contributed by atoms with Gasteiger partial charge in [-0.3, -0.25) is 9.80 Å². The number of rotatable bonds is 5. The Morgan fingerprint density at radius 3 is 2.62 bits per heavy atom. The van der Waals surface area contributed by atoms with Crippen molar-refractivity contribution in [1.82, 2.24) is 29.7 Å².